The van der Waals surface area contributed by atoms with E-state index < -0.39 is 0 Å². The molecule has 2 atom stereocenters. The van der Waals surface area contributed by atoms with E-state index in [4.69, 9.17) is 0 Å². The molecule has 4 nitrogen and oxygen atoms in total. The predicted molar refractivity (Wildman–Crippen MR) is 81.5 cm³/mol. The normalized spacial score (nSPS) is 27.6. The molecule has 0 bridgehead atoms. The van der Waals surface area contributed by atoms with Gasteiger partial charge in [0.1, 0.15) is 5.82 Å². The van der Waals surface area contributed by atoms with Crippen LogP contribution in [0.3, 0.4) is 0 Å². The lowest BCUT2D eigenvalue weighted by Crippen LogP contribution is -2.36. The van der Waals surface area contributed by atoms with E-state index in [0.29, 0.717) is 0 Å². The Morgan fingerprint density at radius 2 is 2.10 bits per heavy atom. The molecule has 1 aromatic heterocycles. The molecule has 2 fully saturated rings. The minimum Gasteiger partial charge on any atom is -0.334 e. The van der Waals surface area contributed by atoms with Gasteiger partial charge in [-0.15, -0.1) is 0 Å². The molecule has 0 amide bonds. The molecule has 0 spiro atoms. The van der Waals surface area contributed by atoms with E-state index in [2.05, 4.69) is 46.6 Å². The van der Waals surface area contributed by atoms with E-state index in [0.717, 1.165) is 31.0 Å². The highest BCUT2D eigenvalue weighted by Gasteiger charge is 2.43. The van der Waals surface area contributed by atoms with Gasteiger partial charge in [0.05, 0.1) is 6.54 Å². The number of nitrogens with zero attached hydrogens (tertiary/aromatic N) is 4. The summed E-state index contributed by atoms with van der Waals surface area (Å²) in [6, 6.07) is 0.733. The van der Waals surface area contributed by atoms with Crippen LogP contribution in [0.15, 0.2) is 12.4 Å². The number of aromatic nitrogens is 2. The summed E-state index contributed by atoms with van der Waals surface area (Å²) in [6.45, 7) is 6.79. The van der Waals surface area contributed by atoms with Gasteiger partial charge in [0.15, 0.2) is 0 Å². The molecular weight excluding hydrogens is 248 g/mol. The second-order valence-corrected chi connectivity index (χ2v) is 6.76. The molecule has 1 saturated heterocycles. The van der Waals surface area contributed by atoms with E-state index in [-0.39, 0.29) is 0 Å². The monoisotopic (exact) mass is 276 g/mol. The van der Waals surface area contributed by atoms with Crippen molar-refractivity contribution >= 4 is 0 Å². The van der Waals surface area contributed by atoms with Crippen LogP contribution in [0.5, 0.6) is 0 Å². The SMILES string of the molecule is CCCn1ccnc1CN1C[C@@H](N(C)C)[C@H](C2CC2)C1. The number of imidazole rings is 1. The summed E-state index contributed by atoms with van der Waals surface area (Å²) in [5.41, 5.74) is 0. The van der Waals surface area contributed by atoms with Crippen molar-refractivity contribution in [3.63, 3.8) is 0 Å². The zero-order valence-electron chi connectivity index (χ0n) is 13.1. The van der Waals surface area contributed by atoms with Crippen molar-refractivity contribution in [2.24, 2.45) is 11.8 Å². The first-order valence-electron chi connectivity index (χ1n) is 8.07. The lowest BCUT2D eigenvalue weighted by atomic mass is 9.97. The Hall–Kier alpha value is -0.870. The molecule has 0 unspecified atom stereocenters. The molecule has 0 radical (unpaired) electrons. The average Bonchev–Trinajstić information content (AvgIpc) is 3.03. The van der Waals surface area contributed by atoms with Gasteiger partial charge in [0.25, 0.3) is 0 Å². The fourth-order valence-corrected chi connectivity index (χ4v) is 3.69. The summed E-state index contributed by atoms with van der Waals surface area (Å²) in [6.07, 6.45) is 8.15. The van der Waals surface area contributed by atoms with Gasteiger partial charge >= 0.3 is 0 Å². The Kier molecular flexibility index (Phi) is 4.13. The largest absolute Gasteiger partial charge is 0.334 e. The second kappa shape index (κ2) is 5.86. The van der Waals surface area contributed by atoms with E-state index in [9.17, 15) is 0 Å². The summed E-state index contributed by atoms with van der Waals surface area (Å²) in [5, 5.41) is 0. The lowest BCUT2D eigenvalue weighted by molar-refractivity contribution is 0.232. The molecule has 0 N–H and O–H groups in total. The number of likely N-dealkylation sites (tertiary alicyclic amines) is 1. The smallest absolute Gasteiger partial charge is 0.122 e. The van der Waals surface area contributed by atoms with Crippen LogP contribution in [0.4, 0.5) is 0 Å². The third-order valence-corrected chi connectivity index (χ3v) is 4.93. The standard InChI is InChI=1S/C16H28N4/c1-4-8-20-9-7-17-16(20)12-19-10-14(13-5-6-13)15(11-19)18(2)3/h7,9,13-15H,4-6,8,10-12H2,1-3H3/t14-,15+/m0/s1. The highest BCUT2D eigenvalue weighted by Crippen LogP contribution is 2.42. The maximum Gasteiger partial charge on any atom is 0.122 e. The molecule has 0 aromatic carbocycles. The van der Waals surface area contributed by atoms with Crippen molar-refractivity contribution in [2.45, 2.75) is 45.3 Å². The highest BCUT2D eigenvalue weighted by atomic mass is 15.3. The van der Waals surface area contributed by atoms with Crippen LogP contribution in [-0.4, -0.2) is 52.6 Å². The van der Waals surface area contributed by atoms with E-state index in [1.54, 1.807) is 0 Å². The maximum absolute atomic E-state index is 4.56. The Labute approximate surface area is 122 Å². The van der Waals surface area contributed by atoms with E-state index in [1.807, 2.05) is 6.20 Å². The van der Waals surface area contributed by atoms with Crippen molar-refractivity contribution in [2.75, 3.05) is 27.2 Å². The van der Waals surface area contributed by atoms with Gasteiger partial charge in [0.2, 0.25) is 0 Å². The van der Waals surface area contributed by atoms with Crippen LogP contribution >= 0.6 is 0 Å². The summed E-state index contributed by atoms with van der Waals surface area (Å²) < 4.78 is 2.31. The number of aryl methyl sites for hydroxylation is 1. The minimum atomic E-state index is 0.733. The van der Waals surface area contributed by atoms with Crippen molar-refractivity contribution in [1.29, 1.82) is 0 Å². The Bertz CT molecular complexity index is 425. The second-order valence-electron chi connectivity index (χ2n) is 6.76. The minimum absolute atomic E-state index is 0.733. The van der Waals surface area contributed by atoms with Crippen LogP contribution in [0.1, 0.15) is 32.0 Å². The molecule has 3 rings (SSSR count). The van der Waals surface area contributed by atoms with Crippen LogP contribution in [0.2, 0.25) is 0 Å². The van der Waals surface area contributed by atoms with Crippen molar-refractivity contribution < 1.29 is 0 Å². The molecule has 4 heteroatoms. The van der Waals surface area contributed by atoms with Crippen molar-refractivity contribution in [1.82, 2.24) is 19.4 Å². The number of rotatable bonds is 6. The van der Waals surface area contributed by atoms with Crippen LogP contribution in [0, 0.1) is 11.8 Å². The fraction of sp³-hybridized carbons (Fsp3) is 0.812. The Morgan fingerprint density at radius 1 is 1.30 bits per heavy atom. The van der Waals surface area contributed by atoms with E-state index >= 15 is 0 Å². The topological polar surface area (TPSA) is 24.3 Å². The molecule has 20 heavy (non-hydrogen) atoms. The molecule has 2 heterocycles. The zero-order chi connectivity index (χ0) is 14.1. The van der Waals surface area contributed by atoms with Gasteiger partial charge in [-0.3, -0.25) is 4.90 Å². The summed E-state index contributed by atoms with van der Waals surface area (Å²) in [5.74, 6) is 3.10. The first-order valence-corrected chi connectivity index (χ1v) is 8.07. The van der Waals surface area contributed by atoms with Gasteiger partial charge in [-0.2, -0.15) is 0 Å². The Balaban J connectivity index is 1.64. The van der Waals surface area contributed by atoms with Gasteiger partial charge in [-0.25, -0.2) is 4.98 Å². The molecule has 1 aliphatic carbocycles. The van der Waals surface area contributed by atoms with Crippen LogP contribution < -0.4 is 0 Å². The molecular formula is C16H28N4. The molecule has 1 aromatic rings. The maximum atomic E-state index is 4.56. The average molecular weight is 276 g/mol. The summed E-state index contributed by atoms with van der Waals surface area (Å²) >= 11 is 0. The molecule has 112 valence electrons. The molecule has 1 aliphatic heterocycles. The number of hydrogen-bond acceptors (Lipinski definition) is 3. The molecule has 1 saturated carbocycles. The van der Waals surface area contributed by atoms with Crippen LogP contribution in [0.25, 0.3) is 0 Å². The van der Waals surface area contributed by atoms with Crippen molar-refractivity contribution in [3.8, 4) is 0 Å². The quantitative estimate of drug-likeness (QED) is 0.795. The van der Waals surface area contributed by atoms with Gasteiger partial charge in [0, 0.05) is 38.1 Å². The predicted octanol–water partition coefficient (Wildman–Crippen LogP) is 2.07. The van der Waals surface area contributed by atoms with E-state index in [1.165, 1.54) is 38.2 Å². The van der Waals surface area contributed by atoms with Gasteiger partial charge in [-0.05, 0) is 45.2 Å². The fourth-order valence-electron chi connectivity index (χ4n) is 3.69. The lowest BCUT2D eigenvalue weighted by Gasteiger charge is -2.25. The zero-order valence-corrected chi connectivity index (χ0v) is 13.1. The first kappa shape index (κ1) is 14.1. The first-order chi connectivity index (χ1) is 9.69. The summed E-state index contributed by atoms with van der Waals surface area (Å²) in [7, 11) is 4.48. The summed E-state index contributed by atoms with van der Waals surface area (Å²) in [4.78, 5) is 9.61. The third-order valence-electron chi connectivity index (χ3n) is 4.93. The third kappa shape index (κ3) is 2.91. The van der Waals surface area contributed by atoms with Gasteiger partial charge in [-0.1, -0.05) is 6.92 Å². The van der Waals surface area contributed by atoms with Crippen molar-refractivity contribution in [3.05, 3.63) is 18.2 Å². The van der Waals surface area contributed by atoms with Crippen LogP contribution in [-0.2, 0) is 13.1 Å². The highest BCUT2D eigenvalue weighted by molar-refractivity contribution is 5.00. The van der Waals surface area contributed by atoms with Gasteiger partial charge < -0.3 is 9.47 Å². The Morgan fingerprint density at radius 3 is 2.75 bits per heavy atom. The number of hydrogen-bond donors (Lipinski definition) is 0. The molecule has 2 aliphatic rings. The number of likely N-dealkylation sites (N-methyl/N-ethyl adjacent to an activating group) is 1.